The number of carboxylic acids is 1. The molecule has 5 nitrogen and oxygen atoms in total. The van der Waals surface area contributed by atoms with Crippen molar-refractivity contribution in [3.8, 4) is 0 Å². The van der Waals surface area contributed by atoms with Crippen molar-refractivity contribution in [1.82, 2.24) is 4.90 Å². The first-order valence-electron chi connectivity index (χ1n) is 7.06. The Labute approximate surface area is 127 Å². The molecule has 1 saturated heterocycles. The Hall–Kier alpha value is -2.21. The summed E-state index contributed by atoms with van der Waals surface area (Å²) in [7, 11) is 0. The number of rotatable bonds is 4. The molecule has 0 saturated carbocycles. The number of carboxylic acid groups (broad SMARTS) is 1. The molecule has 0 spiro atoms. The quantitative estimate of drug-likeness (QED) is 0.887. The van der Waals surface area contributed by atoms with E-state index < -0.39 is 11.6 Å². The molecule has 1 heterocycles. The van der Waals surface area contributed by atoms with E-state index in [1.807, 2.05) is 0 Å². The fourth-order valence-corrected chi connectivity index (χ4v) is 2.34. The summed E-state index contributed by atoms with van der Waals surface area (Å²) in [6.45, 7) is 0.456. The van der Waals surface area contributed by atoms with Gasteiger partial charge in [0.05, 0.1) is 0 Å². The Balaban J connectivity index is 1.83. The van der Waals surface area contributed by atoms with Crippen molar-refractivity contribution in [2.45, 2.75) is 24.9 Å². The van der Waals surface area contributed by atoms with Crippen LogP contribution < -0.4 is 0 Å². The van der Waals surface area contributed by atoms with Crippen molar-refractivity contribution in [3.05, 3.63) is 41.7 Å². The summed E-state index contributed by atoms with van der Waals surface area (Å²) in [6, 6.07) is 5.92. The molecule has 0 atom stereocenters. The summed E-state index contributed by atoms with van der Waals surface area (Å²) < 4.78 is 12.8. The molecule has 1 amide bonds. The molecule has 1 aromatic rings. The van der Waals surface area contributed by atoms with E-state index in [1.165, 1.54) is 12.1 Å². The van der Waals surface area contributed by atoms with Crippen molar-refractivity contribution in [2.75, 3.05) is 13.1 Å². The van der Waals surface area contributed by atoms with Crippen LogP contribution in [0.3, 0.4) is 0 Å². The van der Waals surface area contributed by atoms with E-state index in [9.17, 15) is 19.1 Å². The van der Waals surface area contributed by atoms with E-state index in [0.29, 0.717) is 0 Å². The molecule has 22 heavy (non-hydrogen) atoms. The number of amides is 1. The average Bonchev–Trinajstić information content (AvgIpc) is 2.49. The summed E-state index contributed by atoms with van der Waals surface area (Å²) in [5.74, 6) is -1.67. The molecule has 6 heteroatoms. The fourth-order valence-electron chi connectivity index (χ4n) is 2.34. The van der Waals surface area contributed by atoms with Gasteiger partial charge in [-0.15, -0.1) is 0 Å². The standard InChI is InChI=1S/C16H18FNO4/c17-13-6-4-12(5-7-13)2-1-3-14(19)18-10-8-16(22,9-11-18)15(20)21/h1-2,4-7,22H,3,8-11H2,(H,20,21). The van der Waals surface area contributed by atoms with Gasteiger partial charge in [-0.1, -0.05) is 24.3 Å². The maximum atomic E-state index is 12.8. The molecule has 0 unspecified atom stereocenters. The van der Waals surface area contributed by atoms with Crippen LogP contribution >= 0.6 is 0 Å². The Morgan fingerprint density at radius 3 is 2.36 bits per heavy atom. The Bertz CT molecular complexity index is 574. The van der Waals surface area contributed by atoms with E-state index in [-0.39, 0.29) is 44.1 Å². The summed E-state index contributed by atoms with van der Waals surface area (Å²) in [6.07, 6.45) is 3.68. The van der Waals surface area contributed by atoms with Gasteiger partial charge in [0.15, 0.2) is 5.60 Å². The largest absolute Gasteiger partial charge is 0.479 e. The van der Waals surface area contributed by atoms with Crippen LogP contribution in [0.25, 0.3) is 6.08 Å². The highest BCUT2D eigenvalue weighted by molar-refractivity contribution is 5.80. The molecular weight excluding hydrogens is 289 g/mol. The SMILES string of the molecule is O=C(CC=Cc1ccc(F)cc1)N1CCC(O)(C(=O)O)CC1. The number of carbonyl (C=O) groups is 2. The first kappa shape index (κ1) is 16.2. The first-order valence-corrected chi connectivity index (χ1v) is 7.06. The fraction of sp³-hybridized carbons (Fsp3) is 0.375. The zero-order chi connectivity index (χ0) is 16.2. The number of carbonyl (C=O) groups excluding carboxylic acids is 1. The molecule has 0 bridgehead atoms. The summed E-state index contributed by atoms with van der Waals surface area (Å²) in [5, 5.41) is 18.7. The first-order chi connectivity index (χ1) is 10.4. The van der Waals surface area contributed by atoms with Gasteiger partial charge in [0.25, 0.3) is 0 Å². The number of aliphatic hydroxyl groups is 1. The number of hydrogen-bond donors (Lipinski definition) is 2. The van der Waals surface area contributed by atoms with Crippen LogP contribution in [0, 0.1) is 5.82 Å². The third-order valence-corrected chi connectivity index (χ3v) is 3.81. The van der Waals surface area contributed by atoms with Gasteiger partial charge in [-0.2, -0.15) is 0 Å². The van der Waals surface area contributed by atoms with Gasteiger partial charge in [0.2, 0.25) is 5.91 Å². The number of piperidine rings is 1. The molecule has 0 aliphatic carbocycles. The predicted molar refractivity (Wildman–Crippen MR) is 78.5 cm³/mol. The number of nitrogens with zero attached hydrogens (tertiary/aromatic N) is 1. The van der Waals surface area contributed by atoms with Gasteiger partial charge in [0, 0.05) is 32.4 Å². The highest BCUT2D eigenvalue weighted by atomic mass is 19.1. The smallest absolute Gasteiger partial charge is 0.335 e. The third kappa shape index (κ3) is 3.92. The van der Waals surface area contributed by atoms with Gasteiger partial charge in [-0.25, -0.2) is 9.18 Å². The Morgan fingerprint density at radius 1 is 1.23 bits per heavy atom. The van der Waals surface area contributed by atoms with Gasteiger partial charge >= 0.3 is 5.97 Å². The molecule has 1 aliphatic heterocycles. The number of benzene rings is 1. The van der Waals surface area contributed by atoms with E-state index >= 15 is 0 Å². The van der Waals surface area contributed by atoms with Crippen LogP contribution in [0.15, 0.2) is 30.3 Å². The topological polar surface area (TPSA) is 77.8 Å². The Morgan fingerprint density at radius 2 is 1.82 bits per heavy atom. The highest BCUT2D eigenvalue weighted by Crippen LogP contribution is 2.22. The van der Waals surface area contributed by atoms with Gasteiger partial charge < -0.3 is 15.1 Å². The maximum Gasteiger partial charge on any atom is 0.335 e. The molecular formula is C16H18FNO4. The number of likely N-dealkylation sites (tertiary alicyclic amines) is 1. The van der Waals surface area contributed by atoms with Gasteiger partial charge in [0.1, 0.15) is 5.82 Å². The molecule has 2 N–H and O–H groups in total. The van der Waals surface area contributed by atoms with E-state index in [4.69, 9.17) is 5.11 Å². The summed E-state index contributed by atoms with van der Waals surface area (Å²) >= 11 is 0. The summed E-state index contributed by atoms with van der Waals surface area (Å²) in [5.41, 5.74) is -0.922. The monoisotopic (exact) mass is 307 g/mol. The van der Waals surface area contributed by atoms with E-state index in [0.717, 1.165) is 5.56 Å². The van der Waals surface area contributed by atoms with Gasteiger partial charge in [-0.3, -0.25) is 4.79 Å². The second-order valence-corrected chi connectivity index (χ2v) is 5.38. The van der Waals surface area contributed by atoms with Crippen LogP contribution in [0.4, 0.5) is 4.39 Å². The lowest BCUT2D eigenvalue weighted by Crippen LogP contribution is -2.50. The third-order valence-electron chi connectivity index (χ3n) is 3.81. The molecule has 118 valence electrons. The average molecular weight is 307 g/mol. The number of aliphatic carboxylic acids is 1. The van der Waals surface area contributed by atoms with Crippen molar-refractivity contribution in [1.29, 1.82) is 0 Å². The van der Waals surface area contributed by atoms with Gasteiger partial charge in [-0.05, 0) is 17.7 Å². The van der Waals surface area contributed by atoms with Crippen LogP contribution in [0.1, 0.15) is 24.8 Å². The minimum atomic E-state index is -1.72. The zero-order valence-corrected chi connectivity index (χ0v) is 12.0. The van der Waals surface area contributed by atoms with Crippen molar-refractivity contribution < 1.29 is 24.2 Å². The second kappa shape index (κ2) is 6.70. The number of hydrogen-bond acceptors (Lipinski definition) is 3. The lowest BCUT2D eigenvalue weighted by Gasteiger charge is -2.35. The Kier molecular flexibility index (Phi) is 4.92. The molecule has 1 fully saturated rings. The minimum absolute atomic E-state index is 0.0375. The second-order valence-electron chi connectivity index (χ2n) is 5.38. The van der Waals surface area contributed by atoms with Crippen LogP contribution in [-0.2, 0) is 9.59 Å². The highest BCUT2D eigenvalue weighted by Gasteiger charge is 2.40. The molecule has 1 aliphatic rings. The normalized spacial score (nSPS) is 17.6. The van der Waals surface area contributed by atoms with Crippen LogP contribution in [0.2, 0.25) is 0 Å². The molecule has 2 rings (SSSR count). The number of halogens is 1. The van der Waals surface area contributed by atoms with Crippen molar-refractivity contribution in [3.63, 3.8) is 0 Å². The van der Waals surface area contributed by atoms with Crippen molar-refractivity contribution in [2.24, 2.45) is 0 Å². The van der Waals surface area contributed by atoms with Crippen LogP contribution in [0.5, 0.6) is 0 Å². The van der Waals surface area contributed by atoms with Crippen molar-refractivity contribution >= 4 is 18.0 Å². The lowest BCUT2D eigenvalue weighted by atomic mass is 9.91. The lowest BCUT2D eigenvalue weighted by molar-refractivity contribution is -0.165. The van der Waals surface area contributed by atoms with Crippen LogP contribution in [-0.4, -0.2) is 45.7 Å². The zero-order valence-electron chi connectivity index (χ0n) is 12.0. The minimum Gasteiger partial charge on any atom is -0.479 e. The maximum absolute atomic E-state index is 12.8. The predicted octanol–water partition coefficient (Wildman–Crippen LogP) is 1.67. The summed E-state index contributed by atoms with van der Waals surface area (Å²) in [4.78, 5) is 24.5. The molecule has 0 aromatic heterocycles. The molecule has 0 radical (unpaired) electrons. The van der Waals surface area contributed by atoms with E-state index in [2.05, 4.69) is 0 Å². The molecule has 1 aromatic carbocycles. The van der Waals surface area contributed by atoms with E-state index in [1.54, 1.807) is 29.2 Å².